The monoisotopic (exact) mass is 336 g/mol. The number of ether oxygens (including phenoxy) is 1. The van der Waals surface area contributed by atoms with E-state index in [1.807, 2.05) is 0 Å². The second-order valence-electron chi connectivity index (χ2n) is 6.66. The molecule has 1 heterocycles. The van der Waals surface area contributed by atoms with Gasteiger partial charge in [0.15, 0.2) is 0 Å². The number of hydrogen-bond donors (Lipinski definition) is 0. The summed E-state index contributed by atoms with van der Waals surface area (Å²) in [6, 6.07) is 4.91. The lowest BCUT2D eigenvalue weighted by molar-refractivity contribution is -0.107. The molecule has 0 aliphatic carbocycles. The Hall–Kier alpha value is -1.86. The van der Waals surface area contributed by atoms with Gasteiger partial charge in [-0.3, -0.25) is 4.79 Å². The fourth-order valence-electron chi connectivity index (χ4n) is 2.15. The topological polar surface area (TPSA) is 61.2 Å². The van der Waals surface area contributed by atoms with Gasteiger partial charge in [0, 0.05) is 20.1 Å². The molecule has 124 valence electrons. The van der Waals surface area contributed by atoms with Crippen LogP contribution >= 0.6 is 0 Å². The van der Waals surface area contributed by atoms with Crippen LogP contribution in [0.4, 0.5) is 4.39 Å². The number of benzene rings is 1. The maximum atomic E-state index is 13.5. The van der Waals surface area contributed by atoms with Gasteiger partial charge in [0.2, 0.25) is 5.43 Å². The van der Waals surface area contributed by atoms with Crippen molar-refractivity contribution in [2.75, 3.05) is 6.61 Å². The third-order valence-corrected chi connectivity index (χ3v) is 5.18. The number of fused-ring (bicyclic) bond motifs is 1. The van der Waals surface area contributed by atoms with Gasteiger partial charge in [-0.05, 0) is 24.2 Å². The number of aldehydes is 1. The highest BCUT2D eigenvalue weighted by Gasteiger charge is 2.14. The zero-order valence-corrected chi connectivity index (χ0v) is 14.6. The predicted molar refractivity (Wildman–Crippen MR) is 89.8 cm³/mol. The van der Waals surface area contributed by atoms with Gasteiger partial charge in [0.05, 0.1) is 11.9 Å². The summed E-state index contributed by atoms with van der Waals surface area (Å²) in [6.07, 6.45) is 0.566. The van der Waals surface area contributed by atoms with Gasteiger partial charge in [-0.2, -0.15) is 5.10 Å². The van der Waals surface area contributed by atoms with Crippen molar-refractivity contribution in [3.05, 3.63) is 39.9 Å². The van der Waals surface area contributed by atoms with Crippen molar-refractivity contribution in [1.29, 1.82) is 0 Å². The van der Waals surface area contributed by atoms with Gasteiger partial charge in [0.25, 0.3) is 0 Å². The minimum absolute atomic E-state index is 0.0684. The van der Waals surface area contributed by atoms with E-state index in [1.165, 1.54) is 22.9 Å². The Morgan fingerprint density at radius 1 is 1.35 bits per heavy atom. The van der Waals surface area contributed by atoms with E-state index in [4.69, 9.17) is 4.74 Å². The molecular formula is C16H21FN2O3Si. The molecule has 2 aromatic rings. The van der Waals surface area contributed by atoms with E-state index in [2.05, 4.69) is 24.7 Å². The lowest BCUT2D eigenvalue weighted by Gasteiger charge is -2.16. The molecule has 0 atom stereocenters. The van der Waals surface area contributed by atoms with Crippen LogP contribution in [0, 0.1) is 5.82 Å². The molecule has 23 heavy (non-hydrogen) atoms. The van der Waals surface area contributed by atoms with E-state index in [0.29, 0.717) is 23.8 Å². The van der Waals surface area contributed by atoms with Gasteiger partial charge < -0.3 is 9.53 Å². The lowest BCUT2D eigenvalue weighted by atomic mass is 10.2. The van der Waals surface area contributed by atoms with Crippen molar-refractivity contribution in [3.8, 4) is 0 Å². The molecule has 0 radical (unpaired) electrons. The van der Waals surface area contributed by atoms with E-state index in [1.54, 1.807) is 0 Å². The molecule has 0 unspecified atom stereocenters. The first-order valence-electron chi connectivity index (χ1n) is 7.52. The molecule has 5 nitrogen and oxygen atoms in total. The average molecular weight is 336 g/mol. The number of nitrogens with zero attached hydrogens (tertiary/aromatic N) is 2. The van der Waals surface area contributed by atoms with Crippen LogP contribution in [0.1, 0.15) is 5.69 Å². The Labute approximate surface area is 135 Å². The first kappa shape index (κ1) is 17.5. The lowest BCUT2D eigenvalue weighted by Crippen LogP contribution is -2.24. The molecule has 1 aromatic carbocycles. The van der Waals surface area contributed by atoms with Crippen LogP contribution in [0.5, 0.6) is 0 Å². The Kier molecular flexibility index (Phi) is 5.43. The van der Waals surface area contributed by atoms with E-state index in [0.717, 1.165) is 6.04 Å². The van der Waals surface area contributed by atoms with Crippen molar-refractivity contribution in [3.63, 3.8) is 0 Å². The van der Waals surface area contributed by atoms with Crippen LogP contribution in [0.2, 0.25) is 25.7 Å². The SMILES string of the molecule is C[Si](C)(C)CCOCn1nc(CC=O)c(=O)c2ccc(F)cc21. The van der Waals surface area contributed by atoms with Crippen LogP contribution in [0.3, 0.4) is 0 Å². The van der Waals surface area contributed by atoms with Crippen molar-refractivity contribution in [1.82, 2.24) is 9.78 Å². The Morgan fingerprint density at radius 2 is 2.09 bits per heavy atom. The number of carbonyl (C=O) groups excluding carboxylic acids is 1. The van der Waals surface area contributed by atoms with Crippen LogP contribution in [0.25, 0.3) is 10.9 Å². The summed E-state index contributed by atoms with van der Waals surface area (Å²) in [6.45, 7) is 7.46. The number of rotatable bonds is 7. The molecule has 0 amide bonds. The third-order valence-electron chi connectivity index (χ3n) is 3.47. The van der Waals surface area contributed by atoms with Crippen LogP contribution < -0.4 is 5.43 Å². The Balaban J connectivity index is 2.33. The molecule has 0 fully saturated rings. The minimum Gasteiger partial charge on any atom is -0.360 e. The highest BCUT2D eigenvalue weighted by Crippen LogP contribution is 2.13. The molecule has 0 saturated carbocycles. The molecule has 1 aromatic heterocycles. The average Bonchev–Trinajstić information content (AvgIpc) is 2.47. The van der Waals surface area contributed by atoms with Gasteiger partial charge in [-0.1, -0.05) is 19.6 Å². The summed E-state index contributed by atoms with van der Waals surface area (Å²) < 4.78 is 20.6. The Morgan fingerprint density at radius 3 is 2.74 bits per heavy atom. The minimum atomic E-state index is -1.20. The normalized spacial score (nSPS) is 11.8. The van der Waals surface area contributed by atoms with Gasteiger partial charge >= 0.3 is 0 Å². The fraction of sp³-hybridized carbons (Fsp3) is 0.438. The second kappa shape index (κ2) is 7.14. The summed E-state index contributed by atoms with van der Waals surface area (Å²) >= 11 is 0. The van der Waals surface area contributed by atoms with Crippen molar-refractivity contribution >= 4 is 25.3 Å². The maximum absolute atomic E-state index is 13.5. The van der Waals surface area contributed by atoms with Gasteiger partial charge in [0.1, 0.15) is 24.5 Å². The molecule has 0 bridgehead atoms. The van der Waals surface area contributed by atoms with Crippen LogP contribution in [-0.4, -0.2) is 30.7 Å². The fourth-order valence-corrected chi connectivity index (χ4v) is 2.91. The number of carbonyl (C=O) groups is 1. The third kappa shape index (κ3) is 4.55. The zero-order valence-electron chi connectivity index (χ0n) is 13.6. The molecule has 0 aliphatic heterocycles. The first-order chi connectivity index (χ1) is 10.8. The quantitative estimate of drug-likeness (QED) is 0.443. The second-order valence-corrected chi connectivity index (χ2v) is 12.3. The number of aromatic nitrogens is 2. The van der Waals surface area contributed by atoms with E-state index >= 15 is 0 Å². The van der Waals surface area contributed by atoms with Gasteiger partial charge in [-0.15, -0.1) is 0 Å². The number of hydrogen-bond acceptors (Lipinski definition) is 4. The summed E-state index contributed by atoms with van der Waals surface area (Å²) in [5.74, 6) is -0.447. The van der Waals surface area contributed by atoms with Gasteiger partial charge in [-0.25, -0.2) is 9.07 Å². The predicted octanol–water partition coefficient (Wildman–Crippen LogP) is 2.59. The molecule has 0 aliphatic rings. The highest BCUT2D eigenvalue weighted by atomic mass is 28.3. The van der Waals surface area contributed by atoms with Crippen LogP contribution in [0.15, 0.2) is 23.0 Å². The molecule has 0 spiro atoms. The molecule has 0 saturated heterocycles. The molecule has 0 N–H and O–H groups in total. The zero-order chi connectivity index (χ0) is 17.0. The smallest absolute Gasteiger partial charge is 0.211 e. The van der Waals surface area contributed by atoms with Crippen molar-refractivity contribution in [2.24, 2.45) is 0 Å². The maximum Gasteiger partial charge on any atom is 0.211 e. The van der Waals surface area contributed by atoms with Crippen molar-refractivity contribution < 1.29 is 13.9 Å². The standard InChI is InChI=1S/C16H21FN2O3Si/c1-23(2,3)9-8-22-11-19-15-10-12(17)4-5-13(15)16(21)14(18-19)6-7-20/h4-5,7,10H,6,8-9,11H2,1-3H3. The van der Waals surface area contributed by atoms with Crippen LogP contribution in [-0.2, 0) is 22.7 Å². The number of halogens is 1. The van der Waals surface area contributed by atoms with E-state index < -0.39 is 13.9 Å². The summed E-state index contributed by atoms with van der Waals surface area (Å²) in [4.78, 5) is 23.0. The van der Waals surface area contributed by atoms with Crippen molar-refractivity contribution in [2.45, 2.75) is 38.8 Å². The highest BCUT2D eigenvalue weighted by molar-refractivity contribution is 6.76. The summed E-state index contributed by atoms with van der Waals surface area (Å²) in [5.41, 5.74) is 0.177. The summed E-state index contributed by atoms with van der Waals surface area (Å²) in [7, 11) is -1.20. The van der Waals surface area contributed by atoms with E-state index in [9.17, 15) is 14.0 Å². The Bertz CT molecular complexity index is 768. The van der Waals surface area contributed by atoms with E-state index in [-0.39, 0.29) is 24.3 Å². The summed E-state index contributed by atoms with van der Waals surface area (Å²) in [5, 5.41) is 4.50. The molecule has 2 rings (SSSR count). The first-order valence-corrected chi connectivity index (χ1v) is 11.2. The molecular weight excluding hydrogens is 315 g/mol. The molecule has 7 heteroatoms. The largest absolute Gasteiger partial charge is 0.360 e.